The van der Waals surface area contributed by atoms with Gasteiger partial charge in [-0.2, -0.15) is 0 Å². The van der Waals surface area contributed by atoms with Crippen LogP contribution in [0.1, 0.15) is 0 Å². The number of rotatable bonds is 4. The molecule has 0 unspecified atom stereocenters. The van der Waals surface area contributed by atoms with Crippen LogP contribution >= 0.6 is 0 Å². The second kappa shape index (κ2) is 5.97. The van der Waals surface area contributed by atoms with Gasteiger partial charge in [-0.25, -0.2) is 4.39 Å². The highest BCUT2D eigenvalue weighted by atomic mass is 19.1. The molecule has 2 aromatic carbocycles. The van der Waals surface area contributed by atoms with E-state index in [9.17, 15) is 9.18 Å². The van der Waals surface area contributed by atoms with Crippen molar-refractivity contribution in [3.63, 3.8) is 0 Å². The highest BCUT2D eigenvalue weighted by Gasteiger charge is 2.07. The standard InChI is InChI=1S/C14H12FNO3/c15-10-4-3-5-11(8-10)19-13-7-2-1-6-12(13)16-14(18)9-17/h1-8,17H,9H2,(H,16,18). The Balaban J connectivity index is 2.22. The average Bonchev–Trinajstić information content (AvgIpc) is 2.41. The molecule has 0 saturated carbocycles. The van der Waals surface area contributed by atoms with Gasteiger partial charge < -0.3 is 15.2 Å². The number of ether oxygens (including phenoxy) is 1. The average molecular weight is 261 g/mol. The fourth-order valence-corrected chi connectivity index (χ4v) is 1.51. The summed E-state index contributed by atoms with van der Waals surface area (Å²) in [6.07, 6.45) is 0. The molecule has 0 saturated heterocycles. The van der Waals surface area contributed by atoms with Crippen molar-refractivity contribution in [3.8, 4) is 11.5 Å². The van der Waals surface area contributed by atoms with Gasteiger partial charge >= 0.3 is 0 Å². The Kier molecular flexibility index (Phi) is 4.10. The summed E-state index contributed by atoms with van der Waals surface area (Å²) in [5.74, 6) is -0.259. The van der Waals surface area contributed by atoms with Gasteiger partial charge in [0, 0.05) is 6.07 Å². The van der Waals surface area contributed by atoms with Crippen molar-refractivity contribution < 1.29 is 19.0 Å². The highest BCUT2D eigenvalue weighted by Crippen LogP contribution is 2.29. The molecule has 0 heterocycles. The van der Waals surface area contributed by atoms with Crippen LogP contribution in [0.15, 0.2) is 48.5 Å². The lowest BCUT2D eigenvalue weighted by atomic mass is 10.3. The van der Waals surface area contributed by atoms with Crippen LogP contribution in [0.4, 0.5) is 10.1 Å². The fraction of sp³-hybridized carbons (Fsp3) is 0.0714. The summed E-state index contributed by atoms with van der Waals surface area (Å²) in [6, 6.07) is 12.4. The number of amides is 1. The molecular formula is C14H12FNO3. The molecule has 98 valence electrons. The van der Waals surface area contributed by atoms with Crippen LogP contribution in [-0.2, 0) is 4.79 Å². The Morgan fingerprint density at radius 1 is 1.21 bits per heavy atom. The van der Waals surface area contributed by atoms with Crippen molar-refractivity contribution in [1.82, 2.24) is 0 Å². The van der Waals surface area contributed by atoms with Gasteiger partial charge in [0.1, 0.15) is 18.2 Å². The molecule has 0 spiro atoms. The molecule has 0 atom stereocenters. The lowest BCUT2D eigenvalue weighted by Crippen LogP contribution is -2.15. The molecule has 0 aliphatic heterocycles. The first-order valence-electron chi connectivity index (χ1n) is 5.62. The summed E-state index contributed by atoms with van der Waals surface area (Å²) in [6.45, 7) is -0.617. The van der Waals surface area contributed by atoms with E-state index in [1.807, 2.05) is 0 Å². The lowest BCUT2D eigenvalue weighted by molar-refractivity contribution is -0.118. The van der Waals surface area contributed by atoms with Gasteiger partial charge in [-0.05, 0) is 24.3 Å². The maximum absolute atomic E-state index is 13.1. The van der Waals surface area contributed by atoms with E-state index in [4.69, 9.17) is 9.84 Å². The maximum Gasteiger partial charge on any atom is 0.250 e. The van der Waals surface area contributed by atoms with E-state index in [0.29, 0.717) is 17.2 Å². The number of hydrogen-bond acceptors (Lipinski definition) is 3. The Labute approximate surface area is 109 Å². The molecule has 2 N–H and O–H groups in total. The number of benzene rings is 2. The van der Waals surface area contributed by atoms with Gasteiger partial charge in [-0.3, -0.25) is 4.79 Å². The van der Waals surface area contributed by atoms with Crippen molar-refractivity contribution in [3.05, 3.63) is 54.3 Å². The molecule has 0 fully saturated rings. The number of aliphatic hydroxyl groups excluding tert-OH is 1. The minimum absolute atomic E-state index is 0.325. The van der Waals surface area contributed by atoms with Gasteiger partial charge in [0.15, 0.2) is 5.75 Å². The number of aliphatic hydroxyl groups is 1. The van der Waals surface area contributed by atoms with Crippen molar-refractivity contribution in [2.24, 2.45) is 0 Å². The number of carbonyl (C=O) groups is 1. The molecule has 5 heteroatoms. The van der Waals surface area contributed by atoms with Crippen molar-refractivity contribution in [2.45, 2.75) is 0 Å². The molecule has 0 radical (unpaired) electrons. The molecule has 2 rings (SSSR count). The predicted molar refractivity (Wildman–Crippen MR) is 68.6 cm³/mol. The number of anilines is 1. The monoisotopic (exact) mass is 261 g/mol. The first-order valence-corrected chi connectivity index (χ1v) is 5.62. The van der Waals surface area contributed by atoms with Crippen LogP contribution in [0, 0.1) is 5.82 Å². The van der Waals surface area contributed by atoms with Gasteiger partial charge in [0.05, 0.1) is 5.69 Å². The quantitative estimate of drug-likeness (QED) is 0.889. The summed E-state index contributed by atoms with van der Waals surface area (Å²) in [5, 5.41) is 11.2. The topological polar surface area (TPSA) is 58.6 Å². The van der Waals surface area contributed by atoms with Crippen LogP contribution in [0.3, 0.4) is 0 Å². The molecule has 4 nitrogen and oxygen atoms in total. The summed E-state index contributed by atoms with van der Waals surface area (Å²) >= 11 is 0. The number of hydrogen-bond donors (Lipinski definition) is 2. The predicted octanol–water partition coefficient (Wildman–Crippen LogP) is 2.55. The van der Waals surface area contributed by atoms with Crippen molar-refractivity contribution in [2.75, 3.05) is 11.9 Å². The van der Waals surface area contributed by atoms with Gasteiger partial charge in [-0.15, -0.1) is 0 Å². The first-order chi connectivity index (χ1) is 9.19. The minimum atomic E-state index is -0.617. The third-order valence-electron chi connectivity index (χ3n) is 2.33. The maximum atomic E-state index is 13.1. The van der Waals surface area contributed by atoms with Crippen molar-refractivity contribution in [1.29, 1.82) is 0 Å². The minimum Gasteiger partial charge on any atom is -0.455 e. The summed E-state index contributed by atoms with van der Waals surface area (Å²) in [4.78, 5) is 11.2. The van der Waals surface area contributed by atoms with Crippen LogP contribution in [-0.4, -0.2) is 17.6 Å². The number of halogens is 1. The summed E-state index contributed by atoms with van der Waals surface area (Å²) in [7, 11) is 0. The molecule has 0 bridgehead atoms. The van der Waals surface area contributed by atoms with Gasteiger partial charge in [0.2, 0.25) is 5.91 Å². The second-order valence-corrected chi connectivity index (χ2v) is 3.76. The van der Waals surface area contributed by atoms with E-state index < -0.39 is 18.3 Å². The number of carbonyl (C=O) groups excluding carboxylic acids is 1. The Hall–Kier alpha value is -2.40. The molecule has 0 aliphatic carbocycles. The van der Waals surface area contributed by atoms with E-state index in [-0.39, 0.29) is 0 Å². The van der Waals surface area contributed by atoms with Crippen LogP contribution in [0.25, 0.3) is 0 Å². The lowest BCUT2D eigenvalue weighted by Gasteiger charge is -2.11. The first kappa shape index (κ1) is 13.0. The van der Waals surface area contributed by atoms with Gasteiger partial charge in [0.25, 0.3) is 0 Å². The third kappa shape index (κ3) is 3.53. The molecule has 0 aromatic heterocycles. The Morgan fingerprint density at radius 2 is 2.00 bits per heavy atom. The molecule has 0 aliphatic rings. The molecule has 19 heavy (non-hydrogen) atoms. The Morgan fingerprint density at radius 3 is 2.74 bits per heavy atom. The zero-order valence-corrected chi connectivity index (χ0v) is 9.97. The fourth-order valence-electron chi connectivity index (χ4n) is 1.51. The highest BCUT2D eigenvalue weighted by molar-refractivity contribution is 5.93. The second-order valence-electron chi connectivity index (χ2n) is 3.76. The van der Waals surface area contributed by atoms with E-state index in [1.54, 1.807) is 30.3 Å². The smallest absolute Gasteiger partial charge is 0.250 e. The zero-order chi connectivity index (χ0) is 13.7. The summed E-state index contributed by atoms with van der Waals surface area (Å²) in [5.41, 5.74) is 0.408. The van der Waals surface area contributed by atoms with Crippen LogP contribution in [0.2, 0.25) is 0 Å². The van der Waals surface area contributed by atoms with E-state index in [2.05, 4.69) is 5.32 Å². The van der Waals surface area contributed by atoms with Gasteiger partial charge in [-0.1, -0.05) is 18.2 Å². The van der Waals surface area contributed by atoms with E-state index >= 15 is 0 Å². The number of para-hydroxylation sites is 2. The number of nitrogens with one attached hydrogen (secondary N) is 1. The van der Waals surface area contributed by atoms with Crippen LogP contribution < -0.4 is 10.1 Å². The largest absolute Gasteiger partial charge is 0.455 e. The Bertz CT molecular complexity index is 586. The molecular weight excluding hydrogens is 249 g/mol. The molecule has 2 aromatic rings. The third-order valence-corrected chi connectivity index (χ3v) is 2.33. The molecule has 1 amide bonds. The van der Waals surface area contributed by atoms with E-state index in [1.165, 1.54) is 18.2 Å². The van der Waals surface area contributed by atoms with E-state index in [0.717, 1.165) is 0 Å². The van der Waals surface area contributed by atoms with Crippen LogP contribution in [0.5, 0.6) is 11.5 Å². The summed E-state index contributed by atoms with van der Waals surface area (Å²) < 4.78 is 18.6. The SMILES string of the molecule is O=C(CO)Nc1ccccc1Oc1cccc(F)c1. The van der Waals surface area contributed by atoms with Crippen molar-refractivity contribution >= 4 is 11.6 Å². The zero-order valence-electron chi connectivity index (χ0n) is 9.97. The normalized spacial score (nSPS) is 10.0.